The molecule has 30 heavy (non-hydrogen) atoms. The molecule has 5 nitrogen and oxygen atoms in total. The van der Waals surface area contributed by atoms with Gasteiger partial charge in [0.15, 0.2) is 0 Å². The molecule has 1 saturated heterocycles. The Bertz CT molecular complexity index is 1000. The molecular weight excluding hydrogens is 401 g/mol. The number of hydrogen-bond acceptors (Lipinski definition) is 4. The molecule has 1 aromatic heterocycles. The van der Waals surface area contributed by atoms with E-state index in [9.17, 15) is 14.0 Å². The summed E-state index contributed by atoms with van der Waals surface area (Å²) in [5, 5.41) is 4.10. The molecule has 0 bridgehead atoms. The number of para-hydroxylation sites is 1. The highest BCUT2D eigenvalue weighted by Crippen LogP contribution is 2.22. The molecule has 156 valence electrons. The lowest BCUT2D eigenvalue weighted by molar-refractivity contribution is -0.126. The van der Waals surface area contributed by atoms with Crippen LogP contribution >= 0.6 is 11.3 Å². The Balaban J connectivity index is 1.24. The first-order valence-electron chi connectivity index (χ1n) is 10.3. The Labute approximate surface area is 178 Å². The Hall–Kier alpha value is -2.80. The van der Waals surface area contributed by atoms with Gasteiger partial charge in [-0.05, 0) is 55.7 Å². The van der Waals surface area contributed by atoms with E-state index >= 15 is 0 Å². The van der Waals surface area contributed by atoms with Gasteiger partial charge in [-0.3, -0.25) is 9.59 Å². The highest BCUT2D eigenvalue weighted by atomic mass is 32.1. The van der Waals surface area contributed by atoms with Crippen LogP contribution < -0.4 is 5.32 Å². The fourth-order valence-corrected chi connectivity index (χ4v) is 4.78. The molecule has 0 radical (unpaired) electrons. The molecule has 1 aliphatic rings. The molecule has 2 amide bonds. The summed E-state index contributed by atoms with van der Waals surface area (Å²) in [4.78, 5) is 31.5. The van der Waals surface area contributed by atoms with Crippen LogP contribution in [0.25, 0.3) is 10.2 Å². The van der Waals surface area contributed by atoms with Crippen molar-refractivity contribution in [1.29, 1.82) is 0 Å². The van der Waals surface area contributed by atoms with Gasteiger partial charge in [-0.25, -0.2) is 9.37 Å². The molecular formula is C23H24FN3O2S. The van der Waals surface area contributed by atoms with Crippen molar-refractivity contribution in [3.63, 3.8) is 0 Å². The second-order valence-corrected chi connectivity index (χ2v) is 8.68. The Morgan fingerprint density at radius 2 is 1.97 bits per heavy atom. The van der Waals surface area contributed by atoms with Crippen molar-refractivity contribution in [3.05, 3.63) is 64.9 Å². The molecule has 0 aliphatic carbocycles. The summed E-state index contributed by atoms with van der Waals surface area (Å²) in [7, 11) is 0. The standard InChI is InChI=1S/C23H24FN3O2S/c24-18-11-9-16(10-12-18)23(29)27-14-4-5-17(15-27)22(28)25-13-3-8-21-26-19-6-1-2-7-20(19)30-21/h1-2,6-7,9-12,17H,3-5,8,13-15H2,(H,25,28). The van der Waals surface area contributed by atoms with Crippen LogP contribution in [0, 0.1) is 11.7 Å². The third-order valence-electron chi connectivity index (χ3n) is 5.38. The number of rotatable bonds is 6. The first kappa shape index (κ1) is 20.5. The van der Waals surface area contributed by atoms with Gasteiger partial charge < -0.3 is 10.2 Å². The van der Waals surface area contributed by atoms with Gasteiger partial charge in [-0.2, -0.15) is 0 Å². The Kier molecular flexibility index (Phi) is 6.38. The van der Waals surface area contributed by atoms with Crippen LogP contribution in [0.3, 0.4) is 0 Å². The average Bonchev–Trinajstić information content (AvgIpc) is 3.19. The first-order valence-corrected chi connectivity index (χ1v) is 11.1. The first-order chi connectivity index (χ1) is 14.6. The number of hydrogen-bond donors (Lipinski definition) is 1. The summed E-state index contributed by atoms with van der Waals surface area (Å²) in [6.45, 7) is 1.62. The second-order valence-electron chi connectivity index (χ2n) is 7.57. The van der Waals surface area contributed by atoms with Gasteiger partial charge >= 0.3 is 0 Å². The monoisotopic (exact) mass is 425 g/mol. The molecule has 1 N–H and O–H groups in total. The molecule has 1 atom stereocenters. The number of nitrogens with zero attached hydrogens (tertiary/aromatic N) is 2. The summed E-state index contributed by atoms with van der Waals surface area (Å²) in [6.07, 6.45) is 3.23. The number of amides is 2. The summed E-state index contributed by atoms with van der Waals surface area (Å²) in [6, 6.07) is 13.6. The minimum atomic E-state index is -0.367. The number of thiazole rings is 1. The van der Waals surface area contributed by atoms with Crippen LogP contribution in [-0.4, -0.2) is 41.3 Å². The van der Waals surface area contributed by atoms with Crippen LogP contribution in [0.4, 0.5) is 4.39 Å². The molecule has 2 heterocycles. The van der Waals surface area contributed by atoms with Crippen molar-refractivity contribution < 1.29 is 14.0 Å². The number of likely N-dealkylation sites (tertiary alicyclic amines) is 1. The van der Waals surface area contributed by atoms with Crippen molar-refractivity contribution in [2.24, 2.45) is 5.92 Å². The van der Waals surface area contributed by atoms with Gasteiger partial charge in [-0.15, -0.1) is 11.3 Å². The molecule has 2 aromatic carbocycles. The smallest absolute Gasteiger partial charge is 0.253 e. The number of carbonyl (C=O) groups excluding carboxylic acids is 2. The highest BCUT2D eigenvalue weighted by molar-refractivity contribution is 7.18. The Morgan fingerprint density at radius 3 is 2.77 bits per heavy atom. The number of nitrogens with one attached hydrogen (secondary N) is 1. The van der Waals surface area contributed by atoms with E-state index in [2.05, 4.69) is 16.4 Å². The number of piperidine rings is 1. The van der Waals surface area contributed by atoms with Gasteiger partial charge in [0.05, 0.1) is 21.1 Å². The van der Waals surface area contributed by atoms with E-state index in [4.69, 9.17) is 0 Å². The van der Waals surface area contributed by atoms with Crippen molar-refractivity contribution in [3.8, 4) is 0 Å². The second kappa shape index (κ2) is 9.34. The summed E-state index contributed by atoms with van der Waals surface area (Å²) in [5.74, 6) is -0.724. The number of aromatic nitrogens is 1. The third kappa shape index (κ3) is 4.84. The molecule has 0 spiro atoms. The van der Waals surface area contributed by atoms with Crippen molar-refractivity contribution in [2.75, 3.05) is 19.6 Å². The minimum absolute atomic E-state index is 0.00379. The van der Waals surface area contributed by atoms with Gasteiger partial charge in [0.25, 0.3) is 5.91 Å². The van der Waals surface area contributed by atoms with Gasteiger partial charge in [0.2, 0.25) is 5.91 Å². The lowest BCUT2D eigenvalue weighted by Gasteiger charge is -2.32. The third-order valence-corrected chi connectivity index (χ3v) is 6.47. The number of halogens is 1. The molecule has 1 fully saturated rings. The normalized spacial score (nSPS) is 16.6. The number of benzene rings is 2. The lowest BCUT2D eigenvalue weighted by atomic mass is 9.96. The minimum Gasteiger partial charge on any atom is -0.356 e. The molecule has 0 saturated carbocycles. The Morgan fingerprint density at radius 1 is 1.17 bits per heavy atom. The summed E-state index contributed by atoms with van der Waals surface area (Å²) >= 11 is 1.69. The van der Waals surface area contributed by atoms with E-state index < -0.39 is 0 Å². The zero-order chi connectivity index (χ0) is 20.9. The van der Waals surface area contributed by atoms with Crippen LogP contribution in [0.5, 0.6) is 0 Å². The zero-order valence-corrected chi connectivity index (χ0v) is 17.5. The molecule has 1 unspecified atom stereocenters. The maximum absolute atomic E-state index is 13.1. The fraction of sp³-hybridized carbons (Fsp3) is 0.348. The maximum atomic E-state index is 13.1. The molecule has 3 aromatic rings. The van der Waals surface area contributed by atoms with Crippen molar-refractivity contribution >= 4 is 33.4 Å². The lowest BCUT2D eigenvalue weighted by Crippen LogP contribution is -2.45. The van der Waals surface area contributed by atoms with Crippen LogP contribution in [-0.2, 0) is 11.2 Å². The average molecular weight is 426 g/mol. The van der Waals surface area contributed by atoms with E-state index in [-0.39, 0.29) is 23.5 Å². The zero-order valence-electron chi connectivity index (χ0n) is 16.6. The van der Waals surface area contributed by atoms with Crippen LogP contribution in [0.1, 0.15) is 34.6 Å². The number of fused-ring (bicyclic) bond motifs is 1. The largest absolute Gasteiger partial charge is 0.356 e. The predicted molar refractivity (Wildman–Crippen MR) is 116 cm³/mol. The fourth-order valence-electron chi connectivity index (χ4n) is 3.77. The highest BCUT2D eigenvalue weighted by Gasteiger charge is 2.28. The van der Waals surface area contributed by atoms with E-state index in [1.54, 1.807) is 16.2 Å². The molecule has 4 rings (SSSR count). The molecule has 1 aliphatic heterocycles. The summed E-state index contributed by atoms with van der Waals surface area (Å²) < 4.78 is 14.3. The topological polar surface area (TPSA) is 62.3 Å². The number of carbonyl (C=O) groups is 2. The van der Waals surface area contributed by atoms with Crippen molar-refractivity contribution in [1.82, 2.24) is 15.2 Å². The molecule has 7 heteroatoms. The van der Waals surface area contributed by atoms with E-state index in [0.717, 1.165) is 36.2 Å². The van der Waals surface area contributed by atoms with Gasteiger partial charge in [0.1, 0.15) is 5.82 Å². The van der Waals surface area contributed by atoms with Gasteiger partial charge in [-0.1, -0.05) is 12.1 Å². The SMILES string of the molecule is O=C(NCCCc1nc2ccccc2s1)C1CCCN(C(=O)c2ccc(F)cc2)C1. The van der Waals surface area contributed by atoms with E-state index in [1.807, 2.05) is 18.2 Å². The summed E-state index contributed by atoms with van der Waals surface area (Å²) in [5.41, 5.74) is 1.47. The van der Waals surface area contributed by atoms with Gasteiger partial charge in [0, 0.05) is 31.6 Å². The van der Waals surface area contributed by atoms with Crippen LogP contribution in [0.15, 0.2) is 48.5 Å². The van der Waals surface area contributed by atoms with Crippen molar-refractivity contribution in [2.45, 2.75) is 25.7 Å². The maximum Gasteiger partial charge on any atom is 0.253 e. The van der Waals surface area contributed by atoms with E-state index in [0.29, 0.717) is 25.2 Å². The predicted octanol–water partition coefficient (Wildman–Crippen LogP) is 4.04. The van der Waals surface area contributed by atoms with E-state index in [1.165, 1.54) is 29.0 Å². The quantitative estimate of drug-likeness (QED) is 0.607. The van der Waals surface area contributed by atoms with Crippen LogP contribution in [0.2, 0.25) is 0 Å². The number of aryl methyl sites for hydroxylation is 1.